The molecule has 0 aliphatic rings. The predicted molar refractivity (Wildman–Crippen MR) is 58.6 cm³/mol. The summed E-state index contributed by atoms with van der Waals surface area (Å²) in [4.78, 5) is 9.49. The van der Waals surface area contributed by atoms with Gasteiger partial charge in [0.15, 0.2) is 0 Å². The van der Waals surface area contributed by atoms with Gasteiger partial charge < -0.3 is 5.11 Å². The van der Waals surface area contributed by atoms with Gasteiger partial charge in [-0.2, -0.15) is 0 Å². The van der Waals surface area contributed by atoms with Crippen LogP contribution < -0.4 is 0 Å². The van der Waals surface area contributed by atoms with E-state index in [9.17, 15) is 5.11 Å². The first-order chi connectivity index (χ1) is 6.59. The van der Waals surface area contributed by atoms with Gasteiger partial charge in [-0.15, -0.1) is 0 Å². The lowest BCUT2D eigenvalue weighted by atomic mass is 10.1. The molecule has 72 valence electrons. The van der Waals surface area contributed by atoms with Gasteiger partial charge in [0.25, 0.3) is 0 Å². The molecular weight excluding hydrogens is 196 g/mol. The number of aliphatic hydroxyl groups is 1. The van der Waals surface area contributed by atoms with Crippen molar-refractivity contribution in [1.29, 1.82) is 0 Å². The van der Waals surface area contributed by atoms with Crippen LogP contribution in [0.5, 0.6) is 0 Å². The van der Waals surface area contributed by atoms with Crippen molar-refractivity contribution in [2.45, 2.75) is 13.8 Å². The molecule has 0 saturated heterocycles. The highest BCUT2D eigenvalue weighted by atomic mass is 32.1. The van der Waals surface area contributed by atoms with E-state index in [1.165, 1.54) is 0 Å². The highest BCUT2D eigenvalue weighted by Gasteiger charge is 2.10. The molecule has 0 aliphatic heterocycles. The number of fused-ring (bicyclic) bond motifs is 1. The molecule has 2 aromatic rings. The fourth-order valence-corrected chi connectivity index (χ4v) is 2.20. The molecule has 14 heavy (non-hydrogen) atoms. The second-order valence-corrected chi connectivity index (χ2v) is 4.31. The monoisotopic (exact) mass is 206 g/mol. The Balaban J connectivity index is 2.80. The predicted octanol–water partition coefficient (Wildman–Crippen LogP) is 2.84. The van der Waals surface area contributed by atoms with Crippen LogP contribution in [-0.4, -0.2) is 15.1 Å². The summed E-state index contributed by atoms with van der Waals surface area (Å²) in [6, 6.07) is 0. The molecular formula is C10H10N2OS. The molecule has 2 rings (SSSR count). The minimum absolute atomic E-state index is 0.0440. The van der Waals surface area contributed by atoms with E-state index < -0.39 is 0 Å². The van der Waals surface area contributed by atoms with Crippen LogP contribution in [-0.2, 0) is 0 Å². The number of aliphatic hydroxyl groups excluding tert-OH is 1. The number of hydrogen-bond donors (Lipinski definition) is 1. The van der Waals surface area contributed by atoms with Gasteiger partial charge >= 0.3 is 0 Å². The minimum atomic E-state index is 0.0440. The molecule has 4 heteroatoms. The Kier molecular flexibility index (Phi) is 2.00. The van der Waals surface area contributed by atoms with Crippen LogP contribution in [0.25, 0.3) is 16.1 Å². The van der Waals surface area contributed by atoms with Crippen LogP contribution in [0.1, 0.15) is 16.1 Å². The Bertz CT molecular complexity index is 516. The minimum Gasteiger partial charge on any atom is -0.508 e. The standard InChI is InChI=1S/C10H10N2OS/c1-5-8(6(2)13)4-11-10-9(5)12-7(3)14-10/h4,13H,2H2,1,3H3. The fourth-order valence-electron chi connectivity index (χ4n) is 1.39. The van der Waals surface area contributed by atoms with Crippen molar-refractivity contribution in [1.82, 2.24) is 9.97 Å². The van der Waals surface area contributed by atoms with E-state index in [0.29, 0.717) is 5.56 Å². The van der Waals surface area contributed by atoms with Crippen molar-refractivity contribution < 1.29 is 5.11 Å². The van der Waals surface area contributed by atoms with Crippen LogP contribution in [0, 0.1) is 13.8 Å². The van der Waals surface area contributed by atoms with Gasteiger partial charge in [0.05, 0.1) is 5.01 Å². The Morgan fingerprint density at radius 3 is 2.86 bits per heavy atom. The Hall–Kier alpha value is -1.42. The number of pyridine rings is 1. The number of rotatable bonds is 1. The van der Waals surface area contributed by atoms with E-state index in [1.54, 1.807) is 17.5 Å². The van der Waals surface area contributed by atoms with Crippen molar-refractivity contribution in [3.63, 3.8) is 0 Å². The lowest BCUT2D eigenvalue weighted by molar-refractivity contribution is 0.513. The third kappa shape index (κ3) is 1.28. The van der Waals surface area contributed by atoms with E-state index in [-0.39, 0.29) is 5.76 Å². The molecule has 0 aromatic carbocycles. The lowest BCUT2D eigenvalue weighted by Gasteiger charge is -2.02. The van der Waals surface area contributed by atoms with Crippen molar-refractivity contribution in [2.24, 2.45) is 0 Å². The molecule has 0 aliphatic carbocycles. The van der Waals surface area contributed by atoms with Gasteiger partial charge in [-0.1, -0.05) is 17.9 Å². The molecule has 0 bridgehead atoms. The molecule has 0 amide bonds. The van der Waals surface area contributed by atoms with Gasteiger partial charge in [-0.3, -0.25) is 0 Å². The Morgan fingerprint density at radius 2 is 2.21 bits per heavy atom. The number of hydrogen-bond acceptors (Lipinski definition) is 4. The van der Waals surface area contributed by atoms with Gasteiger partial charge in [0.1, 0.15) is 16.1 Å². The molecule has 0 radical (unpaired) electrons. The van der Waals surface area contributed by atoms with Gasteiger partial charge in [-0.25, -0.2) is 9.97 Å². The van der Waals surface area contributed by atoms with Crippen LogP contribution in [0.3, 0.4) is 0 Å². The SMILES string of the molecule is C=C(O)c1cnc2sc(C)nc2c1C. The summed E-state index contributed by atoms with van der Waals surface area (Å²) in [5, 5.41) is 10.3. The summed E-state index contributed by atoms with van der Waals surface area (Å²) in [6.07, 6.45) is 1.64. The highest BCUT2D eigenvalue weighted by molar-refractivity contribution is 7.18. The summed E-state index contributed by atoms with van der Waals surface area (Å²) < 4.78 is 0. The Morgan fingerprint density at radius 1 is 1.50 bits per heavy atom. The summed E-state index contributed by atoms with van der Waals surface area (Å²) in [6.45, 7) is 7.35. The first-order valence-corrected chi connectivity index (χ1v) is 5.02. The maximum atomic E-state index is 9.31. The molecule has 2 aromatic heterocycles. The van der Waals surface area contributed by atoms with Crippen LogP contribution in [0.4, 0.5) is 0 Å². The molecule has 0 unspecified atom stereocenters. The second-order valence-electron chi connectivity index (χ2n) is 3.13. The number of thiazole rings is 1. The average molecular weight is 206 g/mol. The lowest BCUT2D eigenvalue weighted by Crippen LogP contribution is -1.90. The normalized spacial score (nSPS) is 10.7. The molecule has 0 fully saturated rings. The summed E-state index contributed by atoms with van der Waals surface area (Å²) in [7, 11) is 0. The van der Waals surface area contributed by atoms with E-state index in [4.69, 9.17) is 0 Å². The number of aromatic nitrogens is 2. The third-order valence-electron chi connectivity index (χ3n) is 2.10. The Labute approximate surface area is 85.8 Å². The van der Waals surface area contributed by atoms with E-state index in [0.717, 1.165) is 20.9 Å². The van der Waals surface area contributed by atoms with Crippen molar-refractivity contribution in [2.75, 3.05) is 0 Å². The average Bonchev–Trinajstić information content (AvgIpc) is 2.46. The van der Waals surface area contributed by atoms with Crippen molar-refractivity contribution in [3.05, 3.63) is 28.9 Å². The largest absolute Gasteiger partial charge is 0.508 e. The van der Waals surface area contributed by atoms with Gasteiger partial charge in [-0.05, 0) is 19.4 Å². The second kappa shape index (κ2) is 3.06. The van der Waals surface area contributed by atoms with Crippen LogP contribution in [0.15, 0.2) is 12.8 Å². The molecule has 3 nitrogen and oxygen atoms in total. The first kappa shape index (κ1) is 9.15. The maximum Gasteiger partial charge on any atom is 0.143 e. The van der Waals surface area contributed by atoms with Gasteiger partial charge in [0, 0.05) is 11.8 Å². The van der Waals surface area contributed by atoms with Crippen LogP contribution >= 0.6 is 11.3 Å². The fraction of sp³-hybridized carbons (Fsp3) is 0.200. The van der Waals surface area contributed by atoms with Crippen molar-refractivity contribution >= 4 is 27.4 Å². The molecule has 2 heterocycles. The van der Waals surface area contributed by atoms with Gasteiger partial charge in [0.2, 0.25) is 0 Å². The number of nitrogens with zero attached hydrogens (tertiary/aromatic N) is 2. The molecule has 1 N–H and O–H groups in total. The molecule has 0 atom stereocenters. The third-order valence-corrected chi connectivity index (χ3v) is 2.98. The summed E-state index contributed by atoms with van der Waals surface area (Å²) in [5.41, 5.74) is 2.47. The quantitative estimate of drug-likeness (QED) is 0.730. The topological polar surface area (TPSA) is 46.0 Å². The van der Waals surface area contributed by atoms with E-state index >= 15 is 0 Å². The molecule has 0 saturated carbocycles. The zero-order chi connectivity index (χ0) is 10.3. The maximum absolute atomic E-state index is 9.31. The summed E-state index contributed by atoms with van der Waals surface area (Å²) in [5.74, 6) is 0.0440. The summed E-state index contributed by atoms with van der Waals surface area (Å²) >= 11 is 1.55. The zero-order valence-corrected chi connectivity index (χ0v) is 8.85. The van der Waals surface area contributed by atoms with Crippen molar-refractivity contribution in [3.8, 4) is 0 Å². The van der Waals surface area contributed by atoms with Crippen LogP contribution in [0.2, 0.25) is 0 Å². The highest BCUT2D eigenvalue weighted by Crippen LogP contribution is 2.26. The zero-order valence-electron chi connectivity index (χ0n) is 8.03. The smallest absolute Gasteiger partial charge is 0.143 e. The number of aryl methyl sites for hydroxylation is 2. The molecule has 0 spiro atoms. The van der Waals surface area contributed by atoms with E-state index in [2.05, 4.69) is 16.5 Å². The van der Waals surface area contributed by atoms with E-state index in [1.807, 2.05) is 13.8 Å². The first-order valence-electron chi connectivity index (χ1n) is 4.20.